The van der Waals surface area contributed by atoms with Crippen LogP contribution < -0.4 is 5.73 Å². The van der Waals surface area contributed by atoms with Gasteiger partial charge in [0.15, 0.2) is 0 Å². The zero-order valence-corrected chi connectivity index (χ0v) is 9.40. The summed E-state index contributed by atoms with van der Waals surface area (Å²) in [7, 11) is 0. The second-order valence-corrected chi connectivity index (χ2v) is 4.69. The van der Waals surface area contributed by atoms with Gasteiger partial charge in [-0.25, -0.2) is 0 Å². The number of aryl methyl sites for hydroxylation is 1. The molecule has 2 aromatic rings. The van der Waals surface area contributed by atoms with Crippen LogP contribution in [0, 0.1) is 6.92 Å². The Bertz CT molecular complexity index is 445. The number of rotatable bonds is 2. The van der Waals surface area contributed by atoms with E-state index in [2.05, 4.69) is 38.1 Å². The first kappa shape index (κ1) is 9.69. The Morgan fingerprint density at radius 1 is 1.36 bits per heavy atom. The Labute approximate surface area is 88.6 Å². The molecule has 1 nitrogen and oxygen atoms in total. The van der Waals surface area contributed by atoms with E-state index in [0.717, 1.165) is 6.42 Å². The highest BCUT2D eigenvalue weighted by atomic mass is 32.1. The van der Waals surface area contributed by atoms with Crippen molar-refractivity contribution in [3.8, 4) is 0 Å². The van der Waals surface area contributed by atoms with Crippen LogP contribution in [0.15, 0.2) is 24.3 Å². The highest BCUT2D eigenvalue weighted by molar-refractivity contribution is 7.19. The van der Waals surface area contributed by atoms with Crippen molar-refractivity contribution >= 4 is 21.4 Å². The number of benzene rings is 1. The predicted molar refractivity (Wildman–Crippen MR) is 63.8 cm³/mol. The predicted octanol–water partition coefficient (Wildman–Crippen LogP) is 3.62. The molecule has 1 aromatic carbocycles. The van der Waals surface area contributed by atoms with Gasteiger partial charge in [-0.05, 0) is 30.4 Å². The summed E-state index contributed by atoms with van der Waals surface area (Å²) < 4.78 is 1.35. The molecule has 0 radical (unpaired) electrons. The van der Waals surface area contributed by atoms with Crippen LogP contribution in [-0.4, -0.2) is 0 Å². The van der Waals surface area contributed by atoms with Crippen molar-refractivity contribution in [1.29, 1.82) is 0 Å². The van der Waals surface area contributed by atoms with Gasteiger partial charge in [0.1, 0.15) is 0 Å². The van der Waals surface area contributed by atoms with Gasteiger partial charge >= 0.3 is 0 Å². The second kappa shape index (κ2) is 3.71. The van der Waals surface area contributed by atoms with Gasteiger partial charge in [-0.3, -0.25) is 0 Å². The standard InChI is InChI=1S/C12H15NS/c1-3-10(13)12-8(2)9-6-4-5-7-11(9)14-12/h4-7,10H,3,13H2,1-2H3/t10-/m1/s1. The third-order valence-corrected chi connectivity index (χ3v) is 4.06. The van der Waals surface area contributed by atoms with Crippen molar-refractivity contribution in [2.45, 2.75) is 26.3 Å². The molecule has 2 heteroatoms. The van der Waals surface area contributed by atoms with Crippen molar-refractivity contribution < 1.29 is 0 Å². The lowest BCUT2D eigenvalue weighted by molar-refractivity contribution is 0.709. The lowest BCUT2D eigenvalue weighted by atomic mass is 10.1. The summed E-state index contributed by atoms with van der Waals surface area (Å²) in [5, 5.41) is 1.36. The van der Waals surface area contributed by atoms with Crippen LogP contribution >= 0.6 is 11.3 Å². The fourth-order valence-electron chi connectivity index (χ4n) is 1.73. The molecule has 0 aliphatic rings. The average molecular weight is 205 g/mol. The Balaban J connectivity index is 2.62. The van der Waals surface area contributed by atoms with Crippen LogP contribution in [0.2, 0.25) is 0 Å². The fraction of sp³-hybridized carbons (Fsp3) is 0.333. The van der Waals surface area contributed by atoms with Crippen LogP contribution in [-0.2, 0) is 0 Å². The van der Waals surface area contributed by atoms with E-state index in [4.69, 9.17) is 5.73 Å². The minimum Gasteiger partial charge on any atom is -0.323 e. The molecule has 0 bridgehead atoms. The van der Waals surface area contributed by atoms with Crippen molar-refractivity contribution in [1.82, 2.24) is 0 Å². The molecule has 0 aliphatic carbocycles. The highest BCUT2D eigenvalue weighted by Crippen LogP contribution is 2.34. The molecule has 0 saturated carbocycles. The summed E-state index contributed by atoms with van der Waals surface area (Å²) >= 11 is 1.83. The lowest BCUT2D eigenvalue weighted by Crippen LogP contribution is -2.07. The highest BCUT2D eigenvalue weighted by Gasteiger charge is 2.12. The van der Waals surface area contributed by atoms with Gasteiger partial charge in [0.05, 0.1) is 0 Å². The first-order valence-corrected chi connectivity index (χ1v) is 5.79. The molecule has 0 saturated heterocycles. The van der Waals surface area contributed by atoms with E-state index in [0.29, 0.717) is 0 Å². The van der Waals surface area contributed by atoms with Gasteiger partial charge in [-0.1, -0.05) is 25.1 Å². The molecule has 2 N–H and O–H groups in total. The molecule has 0 spiro atoms. The maximum atomic E-state index is 6.07. The zero-order valence-electron chi connectivity index (χ0n) is 8.58. The molecule has 14 heavy (non-hydrogen) atoms. The second-order valence-electron chi connectivity index (χ2n) is 3.60. The van der Waals surface area contributed by atoms with E-state index < -0.39 is 0 Å². The Kier molecular flexibility index (Phi) is 2.57. The van der Waals surface area contributed by atoms with Crippen LogP contribution in [0.4, 0.5) is 0 Å². The number of nitrogens with two attached hydrogens (primary N) is 1. The minimum atomic E-state index is 0.201. The van der Waals surface area contributed by atoms with Gasteiger partial charge in [0.25, 0.3) is 0 Å². The van der Waals surface area contributed by atoms with Crippen molar-refractivity contribution in [2.75, 3.05) is 0 Å². The summed E-state index contributed by atoms with van der Waals surface area (Å²) in [6, 6.07) is 8.71. The first-order chi connectivity index (χ1) is 6.74. The third kappa shape index (κ3) is 1.45. The smallest absolute Gasteiger partial charge is 0.0390 e. The molecule has 0 fully saturated rings. The molecule has 2 rings (SSSR count). The fourth-order valence-corrected chi connectivity index (χ4v) is 3.03. The molecule has 0 amide bonds. The number of thiophene rings is 1. The summed E-state index contributed by atoms with van der Waals surface area (Å²) in [5.41, 5.74) is 7.43. The van der Waals surface area contributed by atoms with Gasteiger partial charge in [0, 0.05) is 15.6 Å². The van der Waals surface area contributed by atoms with Crippen molar-refractivity contribution in [2.24, 2.45) is 5.73 Å². The third-order valence-electron chi connectivity index (χ3n) is 2.66. The SMILES string of the molecule is CC[C@@H](N)c1sc2ccccc2c1C. The Morgan fingerprint density at radius 3 is 2.71 bits per heavy atom. The van der Waals surface area contributed by atoms with E-state index in [1.165, 1.54) is 20.5 Å². The molecule has 0 unspecified atom stereocenters. The van der Waals surface area contributed by atoms with Gasteiger partial charge in [0.2, 0.25) is 0 Å². The monoisotopic (exact) mass is 205 g/mol. The van der Waals surface area contributed by atoms with Crippen LogP contribution in [0.5, 0.6) is 0 Å². The average Bonchev–Trinajstić information content (AvgIpc) is 2.56. The maximum absolute atomic E-state index is 6.07. The van der Waals surface area contributed by atoms with Crippen LogP contribution in [0.25, 0.3) is 10.1 Å². The lowest BCUT2D eigenvalue weighted by Gasteiger charge is -2.06. The molecule has 1 atom stereocenters. The van der Waals surface area contributed by atoms with Crippen molar-refractivity contribution in [3.63, 3.8) is 0 Å². The first-order valence-electron chi connectivity index (χ1n) is 4.97. The van der Waals surface area contributed by atoms with Crippen LogP contribution in [0.1, 0.15) is 29.8 Å². The maximum Gasteiger partial charge on any atom is 0.0390 e. The van der Waals surface area contributed by atoms with E-state index in [1.807, 2.05) is 11.3 Å². The van der Waals surface area contributed by atoms with Gasteiger partial charge in [-0.2, -0.15) is 0 Å². The molecule has 1 aromatic heterocycles. The van der Waals surface area contributed by atoms with Crippen molar-refractivity contribution in [3.05, 3.63) is 34.7 Å². The Hall–Kier alpha value is -0.860. The number of hydrogen-bond donors (Lipinski definition) is 1. The molecular weight excluding hydrogens is 190 g/mol. The normalized spacial score (nSPS) is 13.4. The van der Waals surface area contributed by atoms with E-state index in [1.54, 1.807) is 0 Å². The minimum absolute atomic E-state index is 0.201. The number of fused-ring (bicyclic) bond motifs is 1. The topological polar surface area (TPSA) is 26.0 Å². The van der Waals surface area contributed by atoms with E-state index in [-0.39, 0.29) is 6.04 Å². The Morgan fingerprint density at radius 2 is 2.07 bits per heavy atom. The molecular formula is C12H15NS. The van der Waals surface area contributed by atoms with Crippen LogP contribution in [0.3, 0.4) is 0 Å². The summed E-state index contributed by atoms with van der Waals surface area (Å²) in [4.78, 5) is 1.34. The van der Waals surface area contributed by atoms with E-state index in [9.17, 15) is 0 Å². The zero-order chi connectivity index (χ0) is 10.1. The molecule has 74 valence electrons. The summed E-state index contributed by atoms with van der Waals surface area (Å²) in [6.45, 7) is 4.30. The summed E-state index contributed by atoms with van der Waals surface area (Å²) in [5.74, 6) is 0. The van der Waals surface area contributed by atoms with Gasteiger partial charge < -0.3 is 5.73 Å². The van der Waals surface area contributed by atoms with Gasteiger partial charge in [-0.15, -0.1) is 11.3 Å². The number of hydrogen-bond acceptors (Lipinski definition) is 2. The molecule has 1 heterocycles. The van der Waals surface area contributed by atoms with E-state index >= 15 is 0 Å². The quantitative estimate of drug-likeness (QED) is 0.796. The largest absolute Gasteiger partial charge is 0.323 e. The molecule has 0 aliphatic heterocycles. The summed E-state index contributed by atoms with van der Waals surface area (Å²) in [6.07, 6.45) is 1.01.